The molecule has 2 aliphatic heterocycles. The molecule has 1 saturated heterocycles. The fraction of sp³-hybridized carbons (Fsp3) is 0.438. The van der Waals surface area contributed by atoms with E-state index in [-0.39, 0.29) is 17.2 Å². The Morgan fingerprint density at radius 2 is 1.72 bits per heavy atom. The molecule has 0 radical (unpaired) electrons. The SMILES string of the molecule is CC1(CN2C(=O)C3(CCCC3)N=C2c2ccc(-c3ccc4occc4c3)cc2)CCN(C(=O)C2(C#N)CC2)C1. The first kappa shape index (κ1) is 24.1. The number of hydrogen-bond acceptors (Lipinski definition) is 5. The summed E-state index contributed by atoms with van der Waals surface area (Å²) in [5, 5.41) is 10.6. The second-order valence-corrected chi connectivity index (χ2v) is 12.3. The van der Waals surface area contributed by atoms with E-state index in [0.29, 0.717) is 32.5 Å². The van der Waals surface area contributed by atoms with Gasteiger partial charge in [0.05, 0.1) is 12.3 Å². The predicted molar refractivity (Wildman–Crippen MR) is 148 cm³/mol. The van der Waals surface area contributed by atoms with Crippen LogP contribution in [0.3, 0.4) is 0 Å². The average Bonchev–Trinajstić information content (AvgIpc) is 3.29. The summed E-state index contributed by atoms with van der Waals surface area (Å²) in [4.78, 5) is 35.9. The summed E-state index contributed by atoms with van der Waals surface area (Å²) in [7, 11) is 0. The topological polar surface area (TPSA) is 89.9 Å². The van der Waals surface area contributed by atoms with Crippen LogP contribution in [0.25, 0.3) is 22.1 Å². The molecule has 0 N–H and O–H groups in total. The molecule has 0 bridgehead atoms. The van der Waals surface area contributed by atoms with Crippen molar-refractivity contribution in [3.05, 3.63) is 60.4 Å². The molecule has 3 fully saturated rings. The monoisotopic (exact) mass is 520 g/mol. The molecule has 7 rings (SSSR count). The molecule has 2 aromatic carbocycles. The van der Waals surface area contributed by atoms with Gasteiger partial charge in [-0.3, -0.25) is 19.5 Å². The molecular weight excluding hydrogens is 488 g/mol. The summed E-state index contributed by atoms with van der Waals surface area (Å²) >= 11 is 0. The Kier molecular flexibility index (Phi) is 5.29. The Bertz CT molecular complexity index is 1550. The maximum Gasteiger partial charge on any atom is 0.256 e. The molecule has 3 heterocycles. The van der Waals surface area contributed by atoms with Crippen molar-refractivity contribution in [1.82, 2.24) is 9.80 Å². The molecule has 1 unspecified atom stereocenters. The largest absolute Gasteiger partial charge is 0.464 e. The molecule has 39 heavy (non-hydrogen) atoms. The number of carbonyl (C=O) groups is 2. The molecule has 2 saturated carbocycles. The normalized spacial score (nSPS) is 24.9. The van der Waals surface area contributed by atoms with Crippen LogP contribution in [0.4, 0.5) is 0 Å². The van der Waals surface area contributed by atoms with Crippen molar-refractivity contribution in [1.29, 1.82) is 5.26 Å². The number of hydrogen-bond donors (Lipinski definition) is 0. The number of furan rings is 1. The van der Waals surface area contributed by atoms with Crippen LogP contribution in [0.1, 0.15) is 57.4 Å². The number of amidine groups is 1. The maximum absolute atomic E-state index is 13.9. The smallest absolute Gasteiger partial charge is 0.256 e. The lowest BCUT2D eigenvalue weighted by atomic mass is 9.88. The molecule has 4 aliphatic rings. The van der Waals surface area contributed by atoms with Crippen LogP contribution < -0.4 is 0 Å². The first-order chi connectivity index (χ1) is 18.8. The summed E-state index contributed by atoms with van der Waals surface area (Å²) in [6.07, 6.45) is 7.44. The molecule has 7 heteroatoms. The van der Waals surface area contributed by atoms with E-state index in [9.17, 15) is 14.9 Å². The van der Waals surface area contributed by atoms with Gasteiger partial charge in [0.2, 0.25) is 5.91 Å². The molecule has 198 valence electrons. The number of nitriles is 1. The van der Waals surface area contributed by atoms with E-state index in [4.69, 9.17) is 9.41 Å². The van der Waals surface area contributed by atoms with Crippen molar-refractivity contribution in [3.8, 4) is 17.2 Å². The summed E-state index contributed by atoms with van der Waals surface area (Å²) in [5.41, 5.74) is 2.31. The second kappa shape index (κ2) is 8.54. The zero-order chi connectivity index (χ0) is 26.8. The molecule has 7 nitrogen and oxygen atoms in total. The van der Waals surface area contributed by atoms with Crippen LogP contribution in [-0.4, -0.2) is 52.6 Å². The number of carbonyl (C=O) groups excluding carboxylic acids is 2. The van der Waals surface area contributed by atoms with Crippen molar-refractivity contribution in [2.24, 2.45) is 15.8 Å². The fourth-order valence-corrected chi connectivity index (χ4v) is 6.78. The van der Waals surface area contributed by atoms with Gasteiger partial charge in [-0.25, -0.2) is 0 Å². The Balaban J connectivity index is 1.16. The van der Waals surface area contributed by atoms with Gasteiger partial charge in [0.25, 0.3) is 5.91 Å². The summed E-state index contributed by atoms with van der Waals surface area (Å²) in [6, 6.07) is 18.7. The average molecular weight is 521 g/mol. The lowest BCUT2D eigenvalue weighted by Crippen LogP contribution is -2.47. The van der Waals surface area contributed by atoms with Gasteiger partial charge in [-0.05, 0) is 61.4 Å². The van der Waals surface area contributed by atoms with Crippen LogP contribution in [0, 0.1) is 22.2 Å². The van der Waals surface area contributed by atoms with Gasteiger partial charge < -0.3 is 9.32 Å². The van der Waals surface area contributed by atoms with Crippen LogP contribution in [0.15, 0.2) is 64.2 Å². The van der Waals surface area contributed by atoms with Gasteiger partial charge in [0.15, 0.2) is 0 Å². The lowest BCUT2D eigenvalue weighted by Gasteiger charge is -2.32. The third-order valence-electron chi connectivity index (χ3n) is 9.34. The highest BCUT2D eigenvalue weighted by molar-refractivity contribution is 6.15. The van der Waals surface area contributed by atoms with Gasteiger partial charge in [0.1, 0.15) is 22.4 Å². The van der Waals surface area contributed by atoms with Crippen molar-refractivity contribution < 1.29 is 14.0 Å². The van der Waals surface area contributed by atoms with E-state index >= 15 is 0 Å². The minimum atomic E-state index is -0.806. The Hall–Kier alpha value is -3.92. The van der Waals surface area contributed by atoms with Crippen molar-refractivity contribution in [2.45, 2.75) is 57.4 Å². The molecular formula is C32H32N4O3. The van der Waals surface area contributed by atoms with Crippen LogP contribution in [-0.2, 0) is 9.59 Å². The summed E-state index contributed by atoms with van der Waals surface area (Å²) < 4.78 is 5.48. The number of amides is 2. The lowest BCUT2D eigenvalue weighted by molar-refractivity contribution is -0.134. The van der Waals surface area contributed by atoms with Crippen LogP contribution in [0.5, 0.6) is 0 Å². The quantitative estimate of drug-likeness (QED) is 0.442. The van der Waals surface area contributed by atoms with Crippen molar-refractivity contribution in [2.75, 3.05) is 19.6 Å². The number of rotatable bonds is 5. The summed E-state index contributed by atoms with van der Waals surface area (Å²) in [6.45, 7) is 3.88. The number of aliphatic imine (C=N–C) groups is 1. The minimum absolute atomic E-state index is 0.0353. The maximum atomic E-state index is 13.9. The Labute approximate surface area is 228 Å². The first-order valence-electron chi connectivity index (χ1n) is 14.0. The molecule has 1 spiro atoms. The zero-order valence-corrected chi connectivity index (χ0v) is 22.3. The van der Waals surface area contributed by atoms with Gasteiger partial charge >= 0.3 is 0 Å². The second-order valence-electron chi connectivity index (χ2n) is 12.3. The molecule has 3 aromatic rings. The molecule has 1 atom stereocenters. The van der Waals surface area contributed by atoms with E-state index in [1.807, 2.05) is 21.9 Å². The third-order valence-corrected chi connectivity index (χ3v) is 9.34. The Morgan fingerprint density at radius 3 is 2.44 bits per heavy atom. The molecule has 2 amide bonds. The van der Waals surface area contributed by atoms with Crippen molar-refractivity contribution >= 4 is 28.6 Å². The highest BCUT2D eigenvalue weighted by Crippen LogP contribution is 2.48. The highest BCUT2D eigenvalue weighted by atomic mass is 16.3. The van der Waals surface area contributed by atoms with Crippen LogP contribution >= 0.6 is 0 Å². The van der Waals surface area contributed by atoms with Crippen molar-refractivity contribution in [3.63, 3.8) is 0 Å². The Morgan fingerprint density at radius 1 is 1.00 bits per heavy atom. The fourth-order valence-electron chi connectivity index (χ4n) is 6.78. The number of fused-ring (bicyclic) bond motifs is 1. The van der Waals surface area contributed by atoms with Gasteiger partial charge in [-0.1, -0.05) is 50.1 Å². The van der Waals surface area contributed by atoms with E-state index in [2.05, 4.69) is 49.4 Å². The highest BCUT2D eigenvalue weighted by Gasteiger charge is 2.56. The summed E-state index contributed by atoms with van der Waals surface area (Å²) in [5.74, 6) is 0.818. The van der Waals surface area contributed by atoms with Gasteiger partial charge in [-0.15, -0.1) is 0 Å². The standard InChI is InChI=1S/C32H32N4O3/c1-30(15-16-35(20-30)28(37)31(19-33)13-14-31)21-36-27(34-32(29(36)38)11-2-3-12-32)23-6-4-22(5-7-23)24-8-9-26-25(18-24)10-17-39-26/h4-10,17-18H,2-3,11-16,20-21H2,1H3. The molecule has 2 aliphatic carbocycles. The van der Waals surface area contributed by atoms with E-state index in [1.54, 1.807) is 6.26 Å². The predicted octanol–water partition coefficient (Wildman–Crippen LogP) is 5.54. The zero-order valence-electron chi connectivity index (χ0n) is 22.3. The van der Waals surface area contributed by atoms with Gasteiger partial charge in [-0.2, -0.15) is 5.26 Å². The van der Waals surface area contributed by atoms with Crippen LogP contribution in [0.2, 0.25) is 0 Å². The number of likely N-dealkylation sites (tertiary alicyclic amines) is 1. The van der Waals surface area contributed by atoms with Gasteiger partial charge in [0, 0.05) is 36.0 Å². The number of nitrogens with zero attached hydrogens (tertiary/aromatic N) is 4. The van der Waals surface area contributed by atoms with E-state index in [1.165, 1.54) is 0 Å². The number of benzene rings is 2. The minimum Gasteiger partial charge on any atom is -0.464 e. The van der Waals surface area contributed by atoms with E-state index < -0.39 is 11.0 Å². The first-order valence-corrected chi connectivity index (χ1v) is 14.0. The van der Waals surface area contributed by atoms with E-state index in [0.717, 1.165) is 65.6 Å². The molecule has 1 aromatic heterocycles. The third kappa shape index (κ3) is 3.88.